The number of benzene rings is 1. The number of methoxy groups -OCH3 is 1. The predicted octanol–water partition coefficient (Wildman–Crippen LogP) is 4.10. The van der Waals surface area contributed by atoms with Crippen LogP contribution >= 0.6 is 7.60 Å². The summed E-state index contributed by atoms with van der Waals surface area (Å²) in [5, 5.41) is 13.3. The molecule has 1 aromatic heterocycles. The number of hydrogen-bond acceptors (Lipinski definition) is 6. The van der Waals surface area contributed by atoms with Crippen LogP contribution in [0.2, 0.25) is 0 Å². The minimum atomic E-state index is -3.97. The number of ether oxygens (including phenoxy) is 1. The number of aromatic hydroxyl groups is 1. The Morgan fingerprint density at radius 3 is 2.56 bits per heavy atom. The predicted molar refractivity (Wildman–Crippen MR) is 106 cm³/mol. The van der Waals surface area contributed by atoms with E-state index in [-0.39, 0.29) is 24.7 Å². The first-order chi connectivity index (χ1) is 12.7. The van der Waals surface area contributed by atoms with Crippen molar-refractivity contribution in [3.8, 4) is 11.5 Å². The van der Waals surface area contributed by atoms with Gasteiger partial charge in [-0.1, -0.05) is 6.07 Å². The van der Waals surface area contributed by atoms with Gasteiger partial charge in [-0.05, 0) is 57.0 Å². The summed E-state index contributed by atoms with van der Waals surface area (Å²) in [5.74, 6) is 0.260. The Bertz CT molecular complexity index is 856. The third kappa shape index (κ3) is 5.01. The molecule has 0 radical (unpaired) electrons. The molecule has 2 rings (SSSR count). The number of nitrogens with one attached hydrogen (secondary N) is 1. The van der Waals surface area contributed by atoms with Gasteiger partial charge in [-0.25, -0.2) is 0 Å². The molecule has 0 amide bonds. The zero-order valence-corrected chi connectivity index (χ0v) is 17.2. The van der Waals surface area contributed by atoms with Gasteiger partial charge in [-0.2, -0.15) is 0 Å². The van der Waals surface area contributed by atoms with Crippen LogP contribution < -0.4 is 10.1 Å². The van der Waals surface area contributed by atoms with Gasteiger partial charge in [0.15, 0.2) is 11.5 Å². The summed E-state index contributed by atoms with van der Waals surface area (Å²) >= 11 is 0. The van der Waals surface area contributed by atoms with Crippen LogP contribution in [0.4, 0.5) is 5.69 Å². The molecule has 0 spiro atoms. The lowest BCUT2D eigenvalue weighted by atomic mass is 10.1. The van der Waals surface area contributed by atoms with Crippen molar-refractivity contribution in [3.63, 3.8) is 0 Å². The van der Waals surface area contributed by atoms with Crippen LogP contribution in [-0.4, -0.2) is 35.2 Å². The van der Waals surface area contributed by atoms with Gasteiger partial charge < -0.3 is 24.6 Å². The van der Waals surface area contributed by atoms with E-state index in [1.54, 1.807) is 26.0 Å². The van der Waals surface area contributed by atoms with Gasteiger partial charge in [0.05, 0.1) is 25.1 Å². The first-order valence-electron chi connectivity index (χ1n) is 8.72. The smallest absolute Gasteiger partial charge is 0.337 e. The first kappa shape index (κ1) is 21.2. The molecule has 148 valence electrons. The molecule has 0 aliphatic carbocycles. The molecule has 0 saturated heterocycles. The summed E-state index contributed by atoms with van der Waals surface area (Å²) in [4.78, 5) is 14.9. The van der Waals surface area contributed by atoms with Gasteiger partial charge >= 0.3 is 7.60 Å². The highest BCUT2D eigenvalue weighted by Crippen LogP contribution is 2.57. The lowest BCUT2D eigenvalue weighted by Gasteiger charge is -2.25. The second kappa shape index (κ2) is 8.74. The van der Waals surface area contributed by atoms with E-state index in [4.69, 9.17) is 9.26 Å². The van der Waals surface area contributed by atoms with E-state index >= 15 is 0 Å². The zero-order valence-electron chi connectivity index (χ0n) is 16.3. The maximum absolute atomic E-state index is 12.8. The van der Waals surface area contributed by atoms with Gasteiger partial charge in [0.2, 0.25) is 0 Å². The monoisotopic (exact) mass is 394 g/mol. The van der Waals surface area contributed by atoms with E-state index in [1.807, 2.05) is 26.0 Å². The van der Waals surface area contributed by atoms with Crippen LogP contribution in [0.5, 0.6) is 11.5 Å². The highest BCUT2D eigenvalue weighted by Gasteiger charge is 2.34. The number of nitrogens with zero attached hydrogens (tertiary/aromatic N) is 1. The van der Waals surface area contributed by atoms with Crippen molar-refractivity contribution in [1.29, 1.82) is 0 Å². The van der Waals surface area contributed by atoms with Crippen molar-refractivity contribution in [1.82, 2.24) is 4.98 Å². The lowest BCUT2D eigenvalue weighted by molar-refractivity contribution is 0.265. The Kier molecular flexibility index (Phi) is 6.87. The normalized spacial score (nSPS) is 14.4. The van der Waals surface area contributed by atoms with E-state index in [9.17, 15) is 14.6 Å². The van der Waals surface area contributed by atoms with Gasteiger partial charge in [-0.3, -0.25) is 9.55 Å². The Morgan fingerprint density at radius 1 is 1.26 bits per heavy atom. The number of aromatic nitrogens is 1. The molecule has 0 saturated carbocycles. The third-order valence-electron chi connectivity index (χ3n) is 4.31. The fraction of sp³-hybridized carbons (Fsp3) is 0.421. The number of hydrogen-bond donors (Lipinski definition) is 3. The third-order valence-corrected chi connectivity index (χ3v) is 6.21. The van der Waals surface area contributed by atoms with E-state index in [2.05, 4.69) is 10.3 Å². The molecule has 1 heterocycles. The van der Waals surface area contributed by atoms with Gasteiger partial charge in [0, 0.05) is 12.2 Å². The second-order valence-electron chi connectivity index (χ2n) is 6.35. The van der Waals surface area contributed by atoms with Gasteiger partial charge in [0.1, 0.15) is 5.66 Å². The van der Waals surface area contributed by atoms with E-state index < -0.39 is 13.3 Å². The van der Waals surface area contributed by atoms with Crippen molar-refractivity contribution >= 4 is 13.3 Å². The topological polar surface area (TPSA) is 101 Å². The summed E-state index contributed by atoms with van der Waals surface area (Å²) in [6, 6.07) is 7.00. The number of phenolic OH excluding ortho intramolecular Hbond substituents is 1. The average Bonchev–Trinajstić information content (AvgIpc) is 2.59. The van der Waals surface area contributed by atoms with E-state index in [0.717, 1.165) is 17.1 Å². The Labute approximate surface area is 159 Å². The molecule has 1 unspecified atom stereocenters. The molecule has 1 aromatic carbocycles. The molecular formula is C19H27N2O5P. The highest BCUT2D eigenvalue weighted by atomic mass is 31.2. The zero-order chi connectivity index (χ0) is 20.2. The van der Waals surface area contributed by atoms with Crippen LogP contribution in [0, 0.1) is 20.8 Å². The molecule has 0 aliphatic rings. The molecule has 0 aliphatic heterocycles. The maximum atomic E-state index is 12.8. The maximum Gasteiger partial charge on any atom is 0.337 e. The number of pyridine rings is 1. The minimum Gasteiger partial charge on any atom is -0.504 e. The second-order valence-corrected chi connectivity index (χ2v) is 8.36. The molecule has 0 bridgehead atoms. The van der Waals surface area contributed by atoms with Crippen LogP contribution in [-0.2, 0) is 9.09 Å². The molecule has 2 atom stereocenters. The van der Waals surface area contributed by atoms with E-state index in [1.165, 1.54) is 7.11 Å². The SMILES string of the molecule is CCOP(=O)(O)[C@H](CNc1ccc(C)nc1C)c1cc(C)c(O)c(OC)c1. The Hall–Kier alpha value is -2.08. The van der Waals surface area contributed by atoms with Crippen LogP contribution in [0.25, 0.3) is 0 Å². The summed E-state index contributed by atoms with van der Waals surface area (Å²) in [7, 11) is -2.53. The Balaban J connectivity index is 2.40. The summed E-state index contributed by atoms with van der Waals surface area (Å²) < 4.78 is 23.2. The molecule has 7 nitrogen and oxygen atoms in total. The standard InChI is InChI=1S/C19H27N2O5P/c1-6-26-27(23,24)18(11-20-16-8-7-13(3)21-14(16)4)15-9-12(2)19(22)17(10-15)25-5/h7-10,18,20,22H,6,11H2,1-5H3,(H,23,24)/t18-/m1/s1. The quantitative estimate of drug-likeness (QED) is 0.580. The molecule has 3 N–H and O–H groups in total. The van der Waals surface area contributed by atoms with Crippen molar-refractivity contribution in [3.05, 3.63) is 46.8 Å². The van der Waals surface area contributed by atoms with Crippen molar-refractivity contribution in [2.45, 2.75) is 33.4 Å². The molecular weight excluding hydrogens is 367 g/mol. The average molecular weight is 394 g/mol. The number of anilines is 1. The molecule has 8 heteroatoms. The van der Waals surface area contributed by atoms with Crippen molar-refractivity contribution in [2.24, 2.45) is 0 Å². The first-order valence-corrected chi connectivity index (χ1v) is 10.4. The molecule has 0 fully saturated rings. The number of aryl methyl sites for hydroxylation is 3. The van der Waals surface area contributed by atoms with Gasteiger partial charge in [-0.15, -0.1) is 0 Å². The Morgan fingerprint density at radius 2 is 1.96 bits per heavy atom. The van der Waals surface area contributed by atoms with Crippen LogP contribution in [0.15, 0.2) is 24.3 Å². The molecule has 27 heavy (non-hydrogen) atoms. The van der Waals surface area contributed by atoms with Crippen molar-refractivity contribution < 1.29 is 23.8 Å². The summed E-state index contributed by atoms with van der Waals surface area (Å²) in [6.07, 6.45) is 0. The van der Waals surface area contributed by atoms with Crippen molar-refractivity contribution in [2.75, 3.05) is 25.6 Å². The van der Waals surface area contributed by atoms with Gasteiger partial charge in [0.25, 0.3) is 0 Å². The van der Waals surface area contributed by atoms with Crippen LogP contribution in [0.3, 0.4) is 0 Å². The fourth-order valence-electron chi connectivity index (χ4n) is 2.90. The fourth-order valence-corrected chi connectivity index (χ4v) is 4.30. The highest BCUT2D eigenvalue weighted by molar-refractivity contribution is 7.53. The van der Waals surface area contributed by atoms with E-state index in [0.29, 0.717) is 11.1 Å². The summed E-state index contributed by atoms with van der Waals surface area (Å²) in [6.45, 7) is 7.44. The lowest BCUT2D eigenvalue weighted by Crippen LogP contribution is -2.16. The van der Waals surface area contributed by atoms with Crippen LogP contribution in [0.1, 0.15) is 35.1 Å². The molecule has 2 aromatic rings. The minimum absolute atomic E-state index is 0.00993. The number of rotatable bonds is 8. The summed E-state index contributed by atoms with van der Waals surface area (Å²) in [5.41, 5.74) is 2.75. The number of phenols is 1. The largest absolute Gasteiger partial charge is 0.504 e.